The molecule has 0 aliphatic heterocycles. The van der Waals surface area contributed by atoms with Gasteiger partial charge in [0.15, 0.2) is 0 Å². The molecule has 1 unspecified atom stereocenters. The number of hydrogen-bond acceptors (Lipinski definition) is 6. The number of nitrogens with one attached hydrogen (secondary N) is 3. The average Bonchev–Trinajstić information content (AvgIpc) is 2.65. The third-order valence-electron chi connectivity index (χ3n) is 4.23. The maximum Gasteiger partial charge on any atom is 0.422 e. The molecular weight excluding hydrogens is 420 g/mol. The van der Waals surface area contributed by atoms with Crippen molar-refractivity contribution in [3.8, 4) is 0 Å². The van der Waals surface area contributed by atoms with Crippen molar-refractivity contribution in [3.63, 3.8) is 0 Å². The van der Waals surface area contributed by atoms with Gasteiger partial charge in [-0.05, 0) is 45.1 Å². The summed E-state index contributed by atoms with van der Waals surface area (Å²) >= 11 is 0. The van der Waals surface area contributed by atoms with Gasteiger partial charge in [0.1, 0.15) is 5.60 Å². The predicted octanol–water partition coefficient (Wildman–Crippen LogP) is 2.64. The van der Waals surface area contributed by atoms with Crippen molar-refractivity contribution in [2.75, 3.05) is 11.9 Å². The normalized spacial score (nSPS) is 12.9. The molecule has 5 N–H and O–H groups in total. The summed E-state index contributed by atoms with van der Waals surface area (Å²) in [5.41, 5.74) is 5.87. The van der Waals surface area contributed by atoms with Crippen LogP contribution in [0.25, 0.3) is 10.8 Å². The molecule has 2 aromatic carbocycles. The van der Waals surface area contributed by atoms with E-state index in [2.05, 4.69) is 10.0 Å². The van der Waals surface area contributed by atoms with Crippen molar-refractivity contribution in [2.24, 2.45) is 5.73 Å². The van der Waals surface area contributed by atoms with Crippen LogP contribution in [0.5, 0.6) is 0 Å². The second-order valence-corrected chi connectivity index (χ2v) is 9.62. The summed E-state index contributed by atoms with van der Waals surface area (Å²) in [4.78, 5) is 24.0. The van der Waals surface area contributed by atoms with Gasteiger partial charge in [0.05, 0.1) is 6.04 Å². The molecule has 0 fully saturated rings. The minimum atomic E-state index is -4.02. The zero-order valence-corrected chi connectivity index (χ0v) is 18.8. The number of unbranched alkanes of at least 4 members (excludes halogenated alkanes) is 1. The fourth-order valence-electron chi connectivity index (χ4n) is 2.83. The number of fused-ring (bicyclic) bond motifs is 1. The summed E-state index contributed by atoms with van der Waals surface area (Å²) in [5, 5.41) is 4.80. The van der Waals surface area contributed by atoms with Crippen LogP contribution in [0.4, 0.5) is 10.5 Å². The largest absolute Gasteiger partial charge is 0.443 e. The molecule has 0 spiro atoms. The first-order valence-corrected chi connectivity index (χ1v) is 11.5. The van der Waals surface area contributed by atoms with Crippen LogP contribution < -0.4 is 20.5 Å². The summed E-state index contributed by atoms with van der Waals surface area (Å²) < 4.78 is 32.6. The molecule has 170 valence electrons. The molecule has 2 aromatic rings. The van der Waals surface area contributed by atoms with Crippen LogP contribution in [0.1, 0.15) is 40.0 Å². The van der Waals surface area contributed by atoms with Gasteiger partial charge in [-0.1, -0.05) is 42.8 Å². The van der Waals surface area contributed by atoms with Crippen molar-refractivity contribution in [1.82, 2.24) is 9.44 Å². The Kier molecular flexibility index (Phi) is 8.37. The third-order valence-corrected chi connectivity index (χ3v) is 5.25. The van der Waals surface area contributed by atoms with E-state index in [1.165, 1.54) is 0 Å². The number of nitrogens with two attached hydrogens (primary N) is 1. The Morgan fingerprint density at radius 2 is 1.74 bits per heavy atom. The van der Waals surface area contributed by atoms with E-state index in [9.17, 15) is 18.0 Å². The molecule has 0 saturated carbocycles. The van der Waals surface area contributed by atoms with Crippen molar-refractivity contribution in [3.05, 3.63) is 42.5 Å². The van der Waals surface area contributed by atoms with E-state index in [0.717, 1.165) is 10.8 Å². The highest BCUT2D eigenvalue weighted by molar-refractivity contribution is 7.88. The highest BCUT2D eigenvalue weighted by atomic mass is 32.2. The van der Waals surface area contributed by atoms with Gasteiger partial charge in [-0.2, -0.15) is 13.1 Å². The fourth-order valence-corrected chi connectivity index (χ4v) is 3.58. The summed E-state index contributed by atoms with van der Waals surface area (Å²) in [5.74, 6) is -0.302. The number of benzene rings is 2. The van der Waals surface area contributed by atoms with Crippen molar-refractivity contribution >= 4 is 38.7 Å². The Hall–Kier alpha value is -2.69. The van der Waals surface area contributed by atoms with Gasteiger partial charge in [0.25, 0.3) is 0 Å². The third kappa shape index (κ3) is 8.52. The Morgan fingerprint density at radius 3 is 2.45 bits per heavy atom. The first-order chi connectivity index (χ1) is 14.5. The average molecular weight is 451 g/mol. The predicted molar refractivity (Wildman–Crippen MR) is 121 cm³/mol. The van der Waals surface area contributed by atoms with E-state index in [4.69, 9.17) is 10.5 Å². The maximum atomic E-state index is 12.4. The van der Waals surface area contributed by atoms with Crippen LogP contribution in [-0.4, -0.2) is 38.6 Å². The maximum absolute atomic E-state index is 12.4. The molecule has 2 rings (SSSR count). The lowest BCUT2D eigenvalue weighted by molar-refractivity contribution is -0.117. The van der Waals surface area contributed by atoms with Crippen molar-refractivity contribution < 1.29 is 22.7 Å². The molecule has 1 atom stereocenters. The first-order valence-electron chi connectivity index (χ1n) is 10.0. The highest BCUT2D eigenvalue weighted by Crippen LogP contribution is 2.23. The number of rotatable bonds is 9. The van der Waals surface area contributed by atoms with Crippen molar-refractivity contribution in [1.29, 1.82) is 0 Å². The van der Waals surface area contributed by atoms with Crippen molar-refractivity contribution in [2.45, 2.75) is 51.7 Å². The van der Waals surface area contributed by atoms with Gasteiger partial charge >= 0.3 is 16.3 Å². The second kappa shape index (κ2) is 10.6. The van der Waals surface area contributed by atoms with Crippen LogP contribution >= 0.6 is 0 Å². The summed E-state index contributed by atoms with van der Waals surface area (Å²) in [6, 6.07) is 12.6. The topological polar surface area (TPSA) is 140 Å². The minimum Gasteiger partial charge on any atom is -0.443 e. The SMILES string of the molecule is CC(C)(C)OC(=O)NS(=O)(=O)NCCCCC(N)C(=O)Nc1cccc2ccccc12. The van der Waals surface area contributed by atoms with Crippen LogP contribution in [0.15, 0.2) is 42.5 Å². The van der Waals surface area contributed by atoms with E-state index >= 15 is 0 Å². The molecule has 0 aromatic heterocycles. The Labute approximate surface area is 182 Å². The summed E-state index contributed by atoms with van der Waals surface area (Å²) in [6.45, 7) is 4.99. The Balaban J connectivity index is 1.73. The molecule has 2 amide bonds. The van der Waals surface area contributed by atoms with E-state index in [1.807, 2.05) is 42.5 Å². The van der Waals surface area contributed by atoms with E-state index in [0.29, 0.717) is 24.9 Å². The Bertz CT molecular complexity index is 1010. The van der Waals surface area contributed by atoms with Crippen LogP contribution in [0.3, 0.4) is 0 Å². The highest BCUT2D eigenvalue weighted by Gasteiger charge is 2.21. The lowest BCUT2D eigenvalue weighted by Crippen LogP contribution is -2.43. The summed E-state index contributed by atoms with van der Waals surface area (Å²) in [7, 11) is -4.02. The molecule has 10 heteroatoms. The number of amides is 2. The monoisotopic (exact) mass is 450 g/mol. The number of hydrogen-bond donors (Lipinski definition) is 4. The van der Waals surface area contributed by atoms with Gasteiger partial charge in [-0.3, -0.25) is 4.79 Å². The van der Waals surface area contributed by atoms with Gasteiger partial charge in [0.2, 0.25) is 5.91 Å². The van der Waals surface area contributed by atoms with Gasteiger partial charge in [-0.25, -0.2) is 9.52 Å². The number of ether oxygens (including phenoxy) is 1. The molecule has 0 aliphatic carbocycles. The molecule has 0 aliphatic rings. The lowest BCUT2D eigenvalue weighted by Gasteiger charge is -2.19. The molecule has 0 heterocycles. The van der Waals surface area contributed by atoms with E-state index in [-0.39, 0.29) is 12.5 Å². The van der Waals surface area contributed by atoms with Crippen LogP contribution in [-0.2, 0) is 19.7 Å². The van der Waals surface area contributed by atoms with Crippen LogP contribution in [0, 0.1) is 0 Å². The Morgan fingerprint density at radius 1 is 1.06 bits per heavy atom. The zero-order valence-electron chi connectivity index (χ0n) is 18.0. The van der Waals surface area contributed by atoms with E-state index in [1.54, 1.807) is 25.5 Å². The molecule has 31 heavy (non-hydrogen) atoms. The lowest BCUT2D eigenvalue weighted by atomic mass is 10.1. The molecule has 0 radical (unpaired) electrons. The number of carbonyl (C=O) groups is 2. The molecule has 0 bridgehead atoms. The smallest absolute Gasteiger partial charge is 0.422 e. The quantitative estimate of drug-likeness (QED) is 0.433. The van der Waals surface area contributed by atoms with Gasteiger partial charge in [-0.15, -0.1) is 0 Å². The molecular formula is C21H30N4O5S. The van der Waals surface area contributed by atoms with E-state index < -0.39 is 27.9 Å². The number of anilines is 1. The molecule has 0 saturated heterocycles. The standard InChI is InChI=1S/C21H30N4O5S/c1-21(2,3)30-20(27)25-31(28,29)23-14-7-6-12-17(22)19(26)24-18-13-8-10-15-9-4-5-11-16(15)18/h4-5,8-11,13,17,23H,6-7,12,14,22H2,1-3H3,(H,24,26)(H,25,27). The zero-order chi connectivity index (χ0) is 23.1. The molecule has 9 nitrogen and oxygen atoms in total. The van der Waals surface area contributed by atoms with Crippen LogP contribution in [0.2, 0.25) is 0 Å². The first kappa shape index (κ1) is 24.6. The van der Waals surface area contributed by atoms with Gasteiger partial charge < -0.3 is 15.8 Å². The second-order valence-electron chi connectivity index (χ2n) is 8.12. The number of carbonyl (C=O) groups excluding carboxylic acids is 2. The summed E-state index contributed by atoms with van der Waals surface area (Å²) in [6.07, 6.45) is 0.314. The fraction of sp³-hybridized carbons (Fsp3) is 0.429. The van der Waals surface area contributed by atoms with Gasteiger partial charge in [0, 0.05) is 17.6 Å². The minimum absolute atomic E-state index is 0.0930.